The maximum Gasteiger partial charge on any atom is 0.348 e. The van der Waals surface area contributed by atoms with Crippen LogP contribution in [-0.2, 0) is 19.0 Å². The molecule has 0 aromatic carbocycles. The van der Waals surface area contributed by atoms with Crippen LogP contribution in [0.15, 0.2) is 6.20 Å². The summed E-state index contributed by atoms with van der Waals surface area (Å²) in [6.07, 6.45) is 0.136. The molecular formula is C17H20N2O5S. The summed E-state index contributed by atoms with van der Waals surface area (Å²) < 4.78 is 15.9. The zero-order valence-corrected chi connectivity index (χ0v) is 15.6. The van der Waals surface area contributed by atoms with Crippen LogP contribution in [0.4, 0.5) is 0 Å². The number of fused-ring (bicyclic) bond motifs is 1. The molecule has 0 saturated carbocycles. The van der Waals surface area contributed by atoms with Crippen molar-refractivity contribution in [2.24, 2.45) is 5.41 Å². The summed E-state index contributed by atoms with van der Waals surface area (Å²) in [4.78, 5) is 34.2. The number of carbonyl (C=O) groups is 2. The third-order valence-corrected chi connectivity index (χ3v) is 5.17. The normalized spacial score (nSPS) is 20.5. The van der Waals surface area contributed by atoms with E-state index in [9.17, 15) is 9.59 Å². The number of ether oxygens (including phenoxy) is 3. The van der Waals surface area contributed by atoms with Gasteiger partial charge in [-0.3, -0.25) is 0 Å². The first-order valence-electron chi connectivity index (χ1n) is 7.91. The number of carbonyl (C=O) groups excluding carboxylic acids is 2. The Morgan fingerprint density at radius 3 is 2.80 bits per heavy atom. The van der Waals surface area contributed by atoms with Gasteiger partial charge in [0.1, 0.15) is 17.0 Å². The van der Waals surface area contributed by atoms with E-state index in [1.807, 2.05) is 27.7 Å². The number of methoxy groups -OCH3 is 1. The number of aromatic nitrogens is 2. The number of pyridine rings is 1. The fraction of sp³-hybridized carbons (Fsp3) is 0.529. The minimum Gasteiger partial charge on any atom is -0.462 e. The van der Waals surface area contributed by atoms with Crippen LogP contribution in [-0.4, -0.2) is 41.7 Å². The minimum atomic E-state index is -0.946. The van der Waals surface area contributed by atoms with E-state index in [-0.39, 0.29) is 18.3 Å². The molecule has 0 N–H and O–H groups in total. The van der Waals surface area contributed by atoms with E-state index in [1.54, 1.807) is 7.11 Å². The van der Waals surface area contributed by atoms with Crippen molar-refractivity contribution in [3.63, 3.8) is 0 Å². The van der Waals surface area contributed by atoms with Gasteiger partial charge in [0.2, 0.25) is 6.10 Å². The van der Waals surface area contributed by atoms with Gasteiger partial charge in [-0.15, -0.1) is 0 Å². The lowest BCUT2D eigenvalue weighted by molar-refractivity contribution is -0.145. The third kappa shape index (κ3) is 3.11. The average Bonchev–Trinajstić information content (AvgIpc) is 3.06. The van der Waals surface area contributed by atoms with Crippen LogP contribution in [0.3, 0.4) is 0 Å². The van der Waals surface area contributed by atoms with Crippen LogP contribution in [0.25, 0.3) is 10.3 Å². The largest absolute Gasteiger partial charge is 0.462 e. The van der Waals surface area contributed by atoms with Gasteiger partial charge in [-0.2, -0.15) is 0 Å². The highest BCUT2D eigenvalue weighted by atomic mass is 32.1. The summed E-state index contributed by atoms with van der Waals surface area (Å²) in [7, 11) is 1.56. The Hall–Kier alpha value is -2.06. The first kappa shape index (κ1) is 17.8. The van der Waals surface area contributed by atoms with E-state index in [1.165, 1.54) is 17.5 Å². The molecule has 0 bridgehead atoms. The quantitative estimate of drug-likeness (QED) is 0.771. The predicted molar refractivity (Wildman–Crippen MR) is 91.5 cm³/mol. The number of aryl methyl sites for hydroxylation is 1. The fourth-order valence-electron chi connectivity index (χ4n) is 2.80. The number of esters is 2. The van der Waals surface area contributed by atoms with E-state index in [4.69, 9.17) is 14.2 Å². The monoisotopic (exact) mass is 364 g/mol. The topological polar surface area (TPSA) is 87.6 Å². The van der Waals surface area contributed by atoms with Gasteiger partial charge < -0.3 is 14.2 Å². The molecule has 2 aromatic rings. The Morgan fingerprint density at radius 2 is 2.20 bits per heavy atom. The van der Waals surface area contributed by atoms with Crippen molar-refractivity contribution in [1.29, 1.82) is 0 Å². The molecule has 7 nitrogen and oxygen atoms in total. The molecule has 1 fully saturated rings. The van der Waals surface area contributed by atoms with Crippen LogP contribution in [0.5, 0.6) is 0 Å². The molecule has 2 aromatic heterocycles. The molecule has 0 aliphatic carbocycles. The van der Waals surface area contributed by atoms with E-state index in [0.717, 1.165) is 9.84 Å². The second-order valence-corrected chi connectivity index (χ2v) is 7.91. The lowest BCUT2D eigenvalue weighted by Gasteiger charge is -2.22. The van der Waals surface area contributed by atoms with Gasteiger partial charge in [0.15, 0.2) is 0 Å². The van der Waals surface area contributed by atoms with E-state index in [2.05, 4.69) is 9.97 Å². The van der Waals surface area contributed by atoms with Gasteiger partial charge >= 0.3 is 11.9 Å². The lowest BCUT2D eigenvalue weighted by Crippen LogP contribution is -2.35. The Kier molecular flexibility index (Phi) is 4.51. The molecular weight excluding hydrogens is 344 g/mol. The van der Waals surface area contributed by atoms with Gasteiger partial charge in [-0.05, 0) is 13.8 Å². The first-order chi connectivity index (χ1) is 11.7. The molecule has 1 unspecified atom stereocenters. The smallest absolute Gasteiger partial charge is 0.348 e. The second-order valence-electron chi connectivity index (χ2n) is 6.73. The summed E-state index contributed by atoms with van der Waals surface area (Å²) >= 11 is 1.44. The molecule has 1 saturated heterocycles. The highest BCUT2D eigenvalue weighted by Gasteiger charge is 2.47. The van der Waals surface area contributed by atoms with Gasteiger partial charge in [-0.1, -0.05) is 25.2 Å². The summed E-state index contributed by atoms with van der Waals surface area (Å²) in [5.74, 6) is -1.16. The summed E-state index contributed by atoms with van der Waals surface area (Å²) in [5.41, 5.74) is 0.919. The molecule has 134 valence electrons. The molecule has 25 heavy (non-hydrogen) atoms. The number of cyclic esters (lactones) is 1. The van der Waals surface area contributed by atoms with Gasteiger partial charge in [0, 0.05) is 24.3 Å². The molecule has 2 atom stereocenters. The molecule has 0 radical (unpaired) electrons. The standard InChI is InChI=1S/C17H20N2O5S/c1-8(22-5)11-10(6-18-14-12(11)19-9(2)25-14)15(20)24-13-16(21)23-7-17(13,3)4/h6,8,13H,7H2,1-5H3/t8?,13-/m0/s1. The third-order valence-electron chi connectivity index (χ3n) is 4.29. The highest BCUT2D eigenvalue weighted by molar-refractivity contribution is 7.18. The zero-order valence-electron chi connectivity index (χ0n) is 14.8. The molecule has 8 heteroatoms. The molecule has 1 aliphatic heterocycles. The summed E-state index contributed by atoms with van der Waals surface area (Å²) in [6, 6.07) is 0. The Labute approximate surface area is 149 Å². The van der Waals surface area contributed by atoms with E-state index >= 15 is 0 Å². The summed E-state index contributed by atoms with van der Waals surface area (Å²) in [6.45, 7) is 7.56. The number of nitrogens with zero attached hydrogens (tertiary/aromatic N) is 2. The van der Waals surface area contributed by atoms with Crippen molar-refractivity contribution >= 4 is 33.6 Å². The molecule has 0 amide bonds. The SMILES string of the molecule is COC(C)c1c(C(=O)O[C@H]2C(=O)OCC2(C)C)cnc2sc(C)nc12. The second kappa shape index (κ2) is 6.34. The highest BCUT2D eigenvalue weighted by Crippen LogP contribution is 2.34. The van der Waals surface area contributed by atoms with Crippen LogP contribution in [0.2, 0.25) is 0 Å². The summed E-state index contributed by atoms with van der Waals surface area (Å²) in [5, 5.41) is 0.845. The van der Waals surface area contributed by atoms with Crippen LogP contribution in [0.1, 0.15) is 47.8 Å². The molecule has 1 aliphatic rings. The van der Waals surface area contributed by atoms with Crippen molar-refractivity contribution in [1.82, 2.24) is 9.97 Å². The molecule has 3 rings (SSSR count). The van der Waals surface area contributed by atoms with E-state index in [0.29, 0.717) is 11.1 Å². The van der Waals surface area contributed by atoms with Gasteiger partial charge in [0.05, 0.1) is 16.7 Å². The Balaban J connectivity index is 2.02. The molecule has 0 spiro atoms. The fourth-order valence-corrected chi connectivity index (χ4v) is 3.57. The molecule has 3 heterocycles. The van der Waals surface area contributed by atoms with Gasteiger partial charge in [0.25, 0.3) is 0 Å². The van der Waals surface area contributed by atoms with Crippen molar-refractivity contribution < 1.29 is 23.8 Å². The lowest BCUT2D eigenvalue weighted by atomic mass is 9.89. The zero-order chi connectivity index (χ0) is 18.4. The number of hydrogen-bond donors (Lipinski definition) is 0. The number of rotatable bonds is 4. The Bertz CT molecular complexity index is 845. The van der Waals surface area contributed by atoms with Crippen molar-refractivity contribution in [2.75, 3.05) is 13.7 Å². The van der Waals surface area contributed by atoms with Crippen molar-refractivity contribution in [3.8, 4) is 0 Å². The van der Waals surface area contributed by atoms with Crippen molar-refractivity contribution in [2.45, 2.75) is 39.9 Å². The number of hydrogen-bond acceptors (Lipinski definition) is 8. The van der Waals surface area contributed by atoms with Gasteiger partial charge in [-0.25, -0.2) is 19.6 Å². The average molecular weight is 364 g/mol. The van der Waals surface area contributed by atoms with E-state index < -0.39 is 23.5 Å². The predicted octanol–water partition coefficient (Wildman–Crippen LogP) is 2.82. The van der Waals surface area contributed by atoms with Crippen LogP contribution in [0, 0.1) is 12.3 Å². The Morgan fingerprint density at radius 1 is 1.48 bits per heavy atom. The van der Waals surface area contributed by atoms with Crippen molar-refractivity contribution in [3.05, 3.63) is 22.3 Å². The maximum absolute atomic E-state index is 12.8. The van der Waals surface area contributed by atoms with Crippen LogP contribution < -0.4 is 0 Å². The first-order valence-corrected chi connectivity index (χ1v) is 8.72. The maximum atomic E-state index is 12.8. The van der Waals surface area contributed by atoms with Crippen LogP contribution >= 0.6 is 11.3 Å². The minimum absolute atomic E-state index is 0.216. The number of thiazole rings is 1.